The molecule has 0 fully saturated rings. The van der Waals surface area contributed by atoms with Crippen molar-refractivity contribution in [3.63, 3.8) is 0 Å². The Bertz CT molecular complexity index is 778. The van der Waals surface area contributed by atoms with Crippen molar-refractivity contribution in [2.45, 2.75) is 0 Å². The van der Waals surface area contributed by atoms with Crippen molar-refractivity contribution in [2.75, 3.05) is 7.11 Å². The smallest absolute Gasteiger partial charge is 0.271 e. The minimum atomic E-state index is -0.412. The van der Waals surface area contributed by atoms with Gasteiger partial charge in [0.05, 0.1) is 29.4 Å². The summed E-state index contributed by atoms with van der Waals surface area (Å²) < 4.78 is 6.77. The number of fused-ring (bicyclic) bond motifs is 1. The molecule has 6 nitrogen and oxygen atoms in total. The number of ether oxygens (including phenoxy) is 1. The molecule has 0 bridgehead atoms. The molecule has 20 heavy (non-hydrogen) atoms. The Kier molecular flexibility index (Phi) is 2.83. The highest BCUT2D eigenvalue weighted by atomic mass is 16.6. The minimum Gasteiger partial charge on any atom is -0.497 e. The highest BCUT2D eigenvalue weighted by Crippen LogP contribution is 2.24. The van der Waals surface area contributed by atoms with Crippen LogP contribution in [0.4, 0.5) is 5.69 Å². The van der Waals surface area contributed by atoms with Gasteiger partial charge in [-0.1, -0.05) is 0 Å². The average molecular weight is 269 g/mol. The molecule has 0 aliphatic heterocycles. The van der Waals surface area contributed by atoms with E-state index in [1.807, 2.05) is 24.3 Å². The topological polar surface area (TPSA) is 70.2 Å². The van der Waals surface area contributed by atoms with E-state index in [-0.39, 0.29) is 5.69 Å². The third-order valence-electron chi connectivity index (χ3n) is 3.08. The number of benzene rings is 2. The van der Waals surface area contributed by atoms with E-state index in [1.54, 1.807) is 24.1 Å². The molecule has 1 aromatic heterocycles. The van der Waals surface area contributed by atoms with Crippen LogP contribution in [0.5, 0.6) is 5.75 Å². The van der Waals surface area contributed by atoms with E-state index in [1.165, 1.54) is 12.1 Å². The van der Waals surface area contributed by atoms with Gasteiger partial charge in [-0.3, -0.25) is 10.1 Å². The Morgan fingerprint density at radius 2 is 1.95 bits per heavy atom. The quantitative estimate of drug-likeness (QED) is 0.541. The second-order valence-corrected chi connectivity index (χ2v) is 4.25. The highest BCUT2D eigenvalue weighted by Gasteiger charge is 2.11. The van der Waals surface area contributed by atoms with E-state index < -0.39 is 4.92 Å². The van der Waals surface area contributed by atoms with Crippen LogP contribution in [-0.4, -0.2) is 21.8 Å². The Morgan fingerprint density at radius 3 is 2.60 bits per heavy atom. The highest BCUT2D eigenvalue weighted by molar-refractivity contribution is 5.82. The number of rotatable bonds is 3. The lowest BCUT2D eigenvalue weighted by Crippen LogP contribution is -1.96. The summed E-state index contributed by atoms with van der Waals surface area (Å²) in [6.07, 6.45) is 1.68. The number of hydrogen-bond donors (Lipinski definition) is 0. The maximum absolute atomic E-state index is 10.9. The normalized spacial score (nSPS) is 10.7. The van der Waals surface area contributed by atoms with E-state index in [9.17, 15) is 10.1 Å². The van der Waals surface area contributed by atoms with Crippen LogP contribution in [0.15, 0.2) is 48.7 Å². The van der Waals surface area contributed by atoms with Crippen molar-refractivity contribution in [3.8, 4) is 11.4 Å². The van der Waals surface area contributed by atoms with Gasteiger partial charge in [-0.2, -0.15) is 5.10 Å². The monoisotopic (exact) mass is 269 g/mol. The van der Waals surface area contributed by atoms with Gasteiger partial charge in [-0.05, 0) is 30.3 Å². The number of nitro benzene ring substituents is 1. The molecule has 0 radical (unpaired) electrons. The van der Waals surface area contributed by atoms with Crippen LogP contribution in [0.1, 0.15) is 0 Å². The van der Waals surface area contributed by atoms with E-state index >= 15 is 0 Å². The first-order valence-corrected chi connectivity index (χ1v) is 5.95. The van der Waals surface area contributed by atoms with Crippen LogP contribution in [0.25, 0.3) is 16.6 Å². The maximum Gasteiger partial charge on any atom is 0.271 e. The maximum atomic E-state index is 10.9. The summed E-state index contributed by atoms with van der Waals surface area (Å²) in [4.78, 5) is 10.4. The molecule has 6 heteroatoms. The molecule has 3 rings (SSSR count). The largest absolute Gasteiger partial charge is 0.497 e. The van der Waals surface area contributed by atoms with Gasteiger partial charge in [0.25, 0.3) is 5.69 Å². The van der Waals surface area contributed by atoms with Crippen LogP contribution in [0.3, 0.4) is 0 Å². The zero-order valence-corrected chi connectivity index (χ0v) is 10.7. The summed E-state index contributed by atoms with van der Waals surface area (Å²) in [7, 11) is 1.60. The summed E-state index contributed by atoms with van der Waals surface area (Å²) in [5.74, 6) is 0.746. The van der Waals surface area contributed by atoms with Gasteiger partial charge in [0, 0.05) is 17.5 Å². The number of aromatic nitrogens is 2. The number of methoxy groups -OCH3 is 1. The van der Waals surface area contributed by atoms with Gasteiger partial charge in [0.15, 0.2) is 0 Å². The fourth-order valence-corrected chi connectivity index (χ4v) is 2.05. The van der Waals surface area contributed by atoms with Crippen molar-refractivity contribution in [1.29, 1.82) is 0 Å². The lowest BCUT2D eigenvalue weighted by molar-refractivity contribution is -0.384. The fourth-order valence-electron chi connectivity index (χ4n) is 2.05. The van der Waals surface area contributed by atoms with E-state index in [2.05, 4.69) is 5.10 Å². The van der Waals surface area contributed by atoms with Crippen molar-refractivity contribution < 1.29 is 9.66 Å². The van der Waals surface area contributed by atoms with Gasteiger partial charge in [0.2, 0.25) is 0 Å². The molecule has 0 amide bonds. The molecule has 0 unspecified atom stereocenters. The molecule has 100 valence electrons. The zero-order valence-electron chi connectivity index (χ0n) is 10.7. The summed E-state index contributed by atoms with van der Waals surface area (Å²) in [6, 6.07) is 12.0. The first kappa shape index (κ1) is 12.2. The SMILES string of the molecule is COc1ccc(-n2ncc3ccc([N+](=O)[O-])cc32)cc1. The molecular weight excluding hydrogens is 258 g/mol. The number of nitrogens with zero attached hydrogens (tertiary/aromatic N) is 3. The molecule has 2 aromatic carbocycles. The predicted molar refractivity (Wildman–Crippen MR) is 74.3 cm³/mol. The molecule has 0 saturated carbocycles. The summed E-state index contributed by atoms with van der Waals surface area (Å²) in [5.41, 5.74) is 1.57. The van der Waals surface area contributed by atoms with Crippen molar-refractivity contribution in [1.82, 2.24) is 9.78 Å². The third kappa shape index (κ3) is 1.97. The Hall–Kier alpha value is -2.89. The number of nitro groups is 1. The van der Waals surface area contributed by atoms with Crippen LogP contribution >= 0.6 is 0 Å². The molecule has 0 saturated heterocycles. The second kappa shape index (κ2) is 4.65. The van der Waals surface area contributed by atoms with E-state index in [4.69, 9.17) is 4.74 Å². The molecular formula is C14H11N3O3. The summed E-state index contributed by atoms with van der Waals surface area (Å²) >= 11 is 0. The van der Waals surface area contributed by atoms with E-state index in [0.717, 1.165) is 16.8 Å². The van der Waals surface area contributed by atoms with Crippen LogP contribution in [0.2, 0.25) is 0 Å². The Morgan fingerprint density at radius 1 is 1.20 bits per heavy atom. The van der Waals surface area contributed by atoms with E-state index in [0.29, 0.717) is 5.52 Å². The molecule has 1 heterocycles. The molecule has 3 aromatic rings. The van der Waals surface area contributed by atoms with Gasteiger partial charge >= 0.3 is 0 Å². The van der Waals surface area contributed by atoms with Crippen molar-refractivity contribution in [2.24, 2.45) is 0 Å². The Balaban J connectivity index is 2.14. The third-order valence-corrected chi connectivity index (χ3v) is 3.08. The fraction of sp³-hybridized carbons (Fsp3) is 0.0714. The van der Waals surface area contributed by atoms with Crippen LogP contribution in [-0.2, 0) is 0 Å². The Labute approximate surface area is 114 Å². The van der Waals surface area contributed by atoms with Crippen LogP contribution in [0, 0.1) is 10.1 Å². The zero-order chi connectivity index (χ0) is 14.1. The second-order valence-electron chi connectivity index (χ2n) is 4.25. The number of hydrogen-bond acceptors (Lipinski definition) is 4. The molecule has 0 N–H and O–H groups in total. The van der Waals surface area contributed by atoms with Gasteiger partial charge in [-0.15, -0.1) is 0 Å². The molecule has 0 atom stereocenters. The first-order valence-electron chi connectivity index (χ1n) is 5.95. The lowest BCUT2D eigenvalue weighted by Gasteiger charge is -2.05. The number of non-ortho nitro benzene ring substituents is 1. The lowest BCUT2D eigenvalue weighted by atomic mass is 10.2. The first-order chi connectivity index (χ1) is 9.69. The van der Waals surface area contributed by atoms with Crippen LogP contribution < -0.4 is 4.74 Å². The standard InChI is InChI=1S/C14H11N3O3/c1-20-13-6-4-11(5-7-13)16-14-8-12(17(18)19)3-2-10(14)9-15-16/h2-9H,1H3. The average Bonchev–Trinajstić information content (AvgIpc) is 2.90. The molecule has 0 spiro atoms. The van der Waals surface area contributed by atoms with Gasteiger partial charge < -0.3 is 4.74 Å². The molecule has 0 aliphatic rings. The summed E-state index contributed by atoms with van der Waals surface area (Å²) in [6.45, 7) is 0. The van der Waals surface area contributed by atoms with Gasteiger partial charge in [0.1, 0.15) is 5.75 Å². The van der Waals surface area contributed by atoms with Crippen molar-refractivity contribution in [3.05, 3.63) is 58.8 Å². The predicted octanol–water partition coefficient (Wildman–Crippen LogP) is 2.94. The van der Waals surface area contributed by atoms with Crippen molar-refractivity contribution >= 4 is 16.6 Å². The minimum absolute atomic E-state index is 0.0489. The van der Waals surface area contributed by atoms with Gasteiger partial charge in [-0.25, -0.2) is 4.68 Å². The molecule has 0 aliphatic carbocycles. The summed E-state index contributed by atoms with van der Waals surface area (Å²) in [5, 5.41) is 16.0.